The highest BCUT2D eigenvalue weighted by atomic mass is 16.4. The maximum atomic E-state index is 10.4. The van der Waals surface area contributed by atoms with E-state index in [0.29, 0.717) is 24.7 Å². The number of nitriles is 1. The number of anilines is 1. The van der Waals surface area contributed by atoms with Crippen molar-refractivity contribution < 1.29 is 14.3 Å². The van der Waals surface area contributed by atoms with Gasteiger partial charge in [0, 0.05) is 18.5 Å². The van der Waals surface area contributed by atoms with Gasteiger partial charge in [0.2, 0.25) is 17.5 Å². The molecule has 0 radical (unpaired) electrons. The standard InChI is InChI=1S/C16H17N3O3/c17-11-13-16(18-10-6-2-5-9-14(20)21)22-15(19-13)12-7-3-1-4-8-12/h1,3-4,7-8,18H,2,5-6,9-10H2,(H,20,21). The number of nitrogens with zero attached hydrogens (tertiary/aromatic N) is 2. The monoisotopic (exact) mass is 299 g/mol. The lowest BCUT2D eigenvalue weighted by atomic mass is 10.2. The van der Waals surface area contributed by atoms with E-state index in [-0.39, 0.29) is 12.1 Å². The number of carbonyl (C=O) groups is 1. The van der Waals surface area contributed by atoms with Crippen LogP contribution in [0.2, 0.25) is 0 Å². The van der Waals surface area contributed by atoms with E-state index in [9.17, 15) is 4.79 Å². The molecule has 1 aromatic carbocycles. The van der Waals surface area contributed by atoms with Crippen LogP contribution in [0.15, 0.2) is 34.7 Å². The maximum Gasteiger partial charge on any atom is 0.303 e. The first-order chi connectivity index (χ1) is 10.7. The second kappa shape index (κ2) is 7.84. The average molecular weight is 299 g/mol. The van der Waals surface area contributed by atoms with Gasteiger partial charge in [0.25, 0.3) is 0 Å². The quantitative estimate of drug-likeness (QED) is 0.726. The van der Waals surface area contributed by atoms with Crippen molar-refractivity contribution in [2.24, 2.45) is 0 Å². The van der Waals surface area contributed by atoms with E-state index in [4.69, 9.17) is 14.8 Å². The molecule has 6 nitrogen and oxygen atoms in total. The van der Waals surface area contributed by atoms with Crippen LogP contribution >= 0.6 is 0 Å². The molecule has 0 saturated heterocycles. The number of rotatable bonds is 8. The number of aromatic nitrogens is 1. The zero-order valence-corrected chi connectivity index (χ0v) is 12.1. The molecule has 0 saturated carbocycles. The average Bonchev–Trinajstić information content (AvgIpc) is 2.94. The third kappa shape index (κ3) is 4.35. The van der Waals surface area contributed by atoms with Crippen molar-refractivity contribution in [1.82, 2.24) is 4.98 Å². The summed E-state index contributed by atoms with van der Waals surface area (Å²) in [4.78, 5) is 14.6. The molecule has 22 heavy (non-hydrogen) atoms. The minimum atomic E-state index is -0.775. The summed E-state index contributed by atoms with van der Waals surface area (Å²) in [7, 11) is 0. The summed E-state index contributed by atoms with van der Waals surface area (Å²) in [5.41, 5.74) is 1.04. The normalized spacial score (nSPS) is 10.1. The lowest BCUT2D eigenvalue weighted by Gasteiger charge is -2.02. The fraction of sp³-hybridized carbons (Fsp3) is 0.312. The molecular formula is C16H17N3O3. The summed E-state index contributed by atoms with van der Waals surface area (Å²) >= 11 is 0. The van der Waals surface area contributed by atoms with Crippen LogP contribution in [0.1, 0.15) is 31.4 Å². The van der Waals surface area contributed by atoms with Gasteiger partial charge < -0.3 is 14.8 Å². The van der Waals surface area contributed by atoms with Gasteiger partial charge in [-0.2, -0.15) is 10.2 Å². The third-order valence-electron chi connectivity index (χ3n) is 3.11. The summed E-state index contributed by atoms with van der Waals surface area (Å²) in [5, 5.41) is 20.7. The van der Waals surface area contributed by atoms with Crippen LogP contribution in [0.3, 0.4) is 0 Å². The first kappa shape index (κ1) is 15.6. The fourth-order valence-corrected chi connectivity index (χ4v) is 2.00. The van der Waals surface area contributed by atoms with Gasteiger partial charge >= 0.3 is 5.97 Å². The van der Waals surface area contributed by atoms with E-state index in [1.54, 1.807) is 0 Å². The number of hydrogen-bond donors (Lipinski definition) is 2. The molecule has 0 spiro atoms. The van der Waals surface area contributed by atoms with Crippen molar-refractivity contribution in [3.05, 3.63) is 36.0 Å². The predicted octanol–water partition coefficient (Wildman–Crippen LogP) is 3.27. The molecule has 2 rings (SSSR count). The first-order valence-corrected chi connectivity index (χ1v) is 7.12. The summed E-state index contributed by atoms with van der Waals surface area (Å²) in [6.45, 7) is 0.609. The van der Waals surface area contributed by atoms with E-state index >= 15 is 0 Å². The number of nitrogens with one attached hydrogen (secondary N) is 1. The fourth-order valence-electron chi connectivity index (χ4n) is 2.00. The summed E-state index contributed by atoms with van der Waals surface area (Å²) in [5.74, 6) is -0.00687. The van der Waals surface area contributed by atoms with E-state index < -0.39 is 5.97 Å². The Morgan fingerprint density at radius 1 is 1.27 bits per heavy atom. The van der Waals surface area contributed by atoms with Gasteiger partial charge in [-0.15, -0.1) is 0 Å². The number of carboxylic acid groups (broad SMARTS) is 1. The Balaban J connectivity index is 1.90. The molecule has 2 aromatic rings. The van der Waals surface area contributed by atoms with Crippen LogP contribution in [0.25, 0.3) is 11.5 Å². The largest absolute Gasteiger partial charge is 0.481 e. The van der Waals surface area contributed by atoms with Gasteiger partial charge in [-0.1, -0.05) is 24.6 Å². The van der Waals surface area contributed by atoms with Crippen molar-refractivity contribution >= 4 is 11.9 Å². The van der Waals surface area contributed by atoms with Crippen molar-refractivity contribution in [1.29, 1.82) is 5.26 Å². The topological polar surface area (TPSA) is 99.2 Å². The molecular weight excluding hydrogens is 282 g/mol. The molecule has 1 heterocycles. The molecule has 0 fully saturated rings. The Hall–Kier alpha value is -2.81. The van der Waals surface area contributed by atoms with Gasteiger partial charge in [-0.05, 0) is 25.0 Å². The minimum Gasteiger partial charge on any atom is -0.481 e. The number of carboxylic acids is 1. The first-order valence-electron chi connectivity index (χ1n) is 7.12. The Bertz CT molecular complexity index is 659. The van der Waals surface area contributed by atoms with Gasteiger partial charge in [-0.25, -0.2) is 0 Å². The Labute approximate surface area is 128 Å². The van der Waals surface area contributed by atoms with Crippen molar-refractivity contribution in [2.45, 2.75) is 25.7 Å². The molecule has 0 bridgehead atoms. The van der Waals surface area contributed by atoms with E-state index in [0.717, 1.165) is 18.4 Å². The molecule has 0 aliphatic carbocycles. The highest BCUT2D eigenvalue weighted by Gasteiger charge is 2.13. The molecule has 0 atom stereocenters. The summed E-state index contributed by atoms with van der Waals surface area (Å²) in [6, 6.07) is 11.4. The summed E-state index contributed by atoms with van der Waals surface area (Å²) < 4.78 is 5.60. The van der Waals surface area contributed by atoms with Gasteiger partial charge in [0.05, 0.1) is 0 Å². The Morgan fingerprint density at radius 3 is 2.73 bits per heavy atom. The minimum absolute atomic E-state index is 0.184. The second-order valence-corrected chi connectivity index (χ2v) is 4.81. The van der Waals surface area contributed by atoms with Crippen LogP contribution < -0.4 is 5.32 Å². The third-order valence-corrected chi connectivity index (χ3v) is 3.11. The van der Waals surface area contributed by atoms with Crippen molar-refractivity contribution in [2.75, 3.05) is 11.9 Å². The molecule has 2 N–H and O–H groups in total. The van der Waals surface area contributed by atoms with E-state index in [1.165, 1.54) is 0 Å². The van der Waals surface area contributed by atoms with Crippen LogP contribution in [0.5, 0.6) is 0 Å². The van der Waals surface area contributed by atoms with Gasteiger partial charge in [0.1, 0.15) is 6.07 Å². The highest BCUT2D eigenvalue weighted by Crippen LogP contribution is 2.25. The highest BCUT2D eigenvalue weighted by molar-refractivity contribution is 5.66. The van der Waals surface area contributed by atoms with Crippen molar-refractivity contribution in [3.8, 4) is 17.5 Å². The number of benzene rings is 1. The predicted molar refractivity (Wildman–Crippen MR) is 81.2 cm³/mol. The molecule has 0 aliphatic rings. The molecule has 1 aromatic heterocycles. The Morgan fingerprint density at radius 2 is 2.05 bits per heavy atom. The number of aliphatic carboxylic acids is 1. The number of oxazole rings is 1. The van der Waals surface area contributed by atoms with Crippen molar-refractivity contribution in [3.63, 3.8) is 0 Å². The molecule has 6 heteroatoms. The second-order valence-electron chi connectivity index (χ2n) is 4.81. The van der Waals surface area contributed by atoms with Crippen LogP contribution in [0, 0.1) is 11.3 Å². The van der Waals surface area contributed by atoms with E-state index in [2.05, 4.69) is 10.3 Å². The van der Waals surface area contributed by atoms with Crippen LogP contribution in [0.4, 0.5) is 5.88 Å². The molecule has 114 valence electrons. The molecule has 0 amide bonds. The zero-order valence-electron chi connectivity index (χ0n) is 12.1. The van der Waals surface area contributed by atoms with E-state index in [1.807, 2.05) is 36.4 Å². The Kier molecular flexibility index (Phi) is 5.55. The number of hydrogen-bond acceptors (Lipinski definition) is 5. The smallest absolute Gasteiger partial charge is 0.303 e. The molecule has 0 unspecified atom stereocenters. The maximum absolute atomic E-state index is 10.4. The SMILES string of the molecule is N#Cc1nc(-c2ccccc2)oc1NCCCCCC(=O)O. The molecule has 0 aliphatic heterocycles. The van der Waals surface area contributed by atoms with Crippen LogP contribution in [-0.2, 0) is 4.79 Å². The summed E-state index contributed by atoms with van der Waals surface area (Å²) in [6.07, 6.45) is 2.44. The lowest BCUT2D eigenvalue weighted by molar-refractivity contribution is -0.137. The van der Waals surface area contributed by atoms with Gasteiger partial charge in [-0.3, -0.25) is 4.79 Å². The zero-order chi connectivity index (χ0) is 15.8. The van der Waals surface area contributed by atoms with Gasteiger partial charge in [0.15, 0.2) is 0 Å². The van der Waals surface area contributed by atoms with Crippen LogP contribution in [-0.4, -0.2) is 22.6 Å². The number of unbranched alkanes of at least 4 members (excludes halogenated alkanes) is 2. The lowest BCUT2D eigenvalue weighted by Crippen LogP contribution is -2.02.